The normalized spacial score (nSPS) is 40.6. The van der Waals surface area contributed by atoms with Gasteiger partial charge in [0.1, 0.15) is 0 Å². The lowest BCUT2D eigenvalue weighted by atomic mass is 9.85. The molecular weight excluding hydrogens is 112 g/mol. The van der Waals surface area contributed by atoms with Gasteiger partial charge >= 0.3 is 0 Å². The first-order valence-electron chi connectivity index (χ1n) is 2.39. The zero-order valence-corrected chi connectivity index (χ0v) is 4.90. The molecule has 0 spiro atoms. The van der Waals surface area contributed by atoms with E-state index in [2.05, 4.69) is 0 Å². The highest BCUT2D eigenvalue weighted by Gasteiger charge is 2.33. The largest absolute Gasteiger partial charge is 0.298 e. The van der Waals surface area contributed by atoms with E-state index in [4.69, 9.17) is 11.6 Å². The van der Waals surface area contributed by atoms with Crippen molar-refractivity contribution in [3.63, 3.8) is 0 Å². The molecule has 0 heterocycles. The summed E-state index contributed by atoms with van der Waals surface area (Å²) in [4.78, 5) is 10.4. The van der Waals surface area contributed by atoms with Gasteiger partial charge in [-0.15, -0.1) is 11.6 Å². The Kier molecular flexibility index (Phi) is 1.08. The molecule has 0 radical (unpaired) electrons. The number of ketones is 1. The van der Waals surface area contributed by atoms with Crippen LogP contribution in [0.5, 0.6) is 0 Å². The molecule has 1 aliphatic rings. The molecule has 0 amide bonds. The summed E-state index contributed by atoms with van der Waals surface area (Å²) in [6.45, 7) is 1.90. The molecule has 40 valence electrons. The van der Waals surface area contributed by atoms with Crippen LogP contribution in [-0.4, -0.2) is 11.2 Å². The third-order valence-corrected chi connectivity index (χ3v) is 1.75. The molecule has 0 aromatic rings. The van der Waals surface area contributed by atoms with E-state index in [0.717, 1.165) is 6.42 Å². The maximum Gasteiger partial charge on any atom is 0.153 e. The number of carbonyl (C=O) groups excluding carboxylic acids is 1. The van der Waals surface area contributed by atoms with Crippen LogP contribution in [-0.2, 0) is 4.79 Å². The SMILES string of the molecule is CC1CC(Cl)C1=O. The third-order valence-electron chi connectivity index (χ3n) is 1.35. The molecule has 1 fully saturated rings. The minimum Gasteiger partial charge on any atom is -0.298 e. The van der Waals surface area contributed by atoms with Crippen LogP contribution in [0.2, 0.25) is 0 Å². The van der Waals surface area contributed by atoms with Crippen molar-refractivity contribution in [2.75, 3.05) is 0 Å². The van der Waals surface area contributed by atoms with E-state index in [1.165, 1.54) is 0 Å². The molecule has 0 aromatic heterocycles. The van der Waals surface area contributed by atoms with E-state index in [-0.39, 0.29) is 17.1 Å². The van der Waals surface area contributed by atoms with Crippen LogP contribution in [0, 0.1) is 5.92 Å². The molecule has 2 heteroatoms. The minimum atomic E-state index is -0.157. The quantitative estimate of drug-likeness (QED) is 0.437. The van der Waals surface area contributed by atoms with Gasteiger partial charge < -0.3 is 0 Å². The predicted molar refractivity (Wildman–Crippen MR) is 28.4 cm³/mol. The number of carbonyl (C=O) groups is 1. The Balaban J connectivity index is 2.44. The number of hydrogen-bond donors (Lipinski definition) is 0. The number of Topliss-reactive ketones (excluding diaryl/α,β-unsaturated/α-hetero) is 1. The molecule has 0 saturated heterocycles. The fourth-order valence-electron chi connectivity index (χ4n) is 0.691. The highest BCUT2D eigenvalue weighted by molar-refractivity contribution is 6.33. The Hall–Kier alpha value is -0.0400. The molecule has 0 N–H and O–H groups in total. The van der Waals surface area contributed by atoms with Crippen LogP contribution in [0.1, 0.15) is 13.3 Å². The molecule has 1 aliphatic carbocycles. The molecule has 1 nitrogen and oxygen atoms in total. The van der Waals surface area contributed by atoms with Crippen molar-refractivity contribution in [1.82, 2.24) is 0 Å². The van der Waals surface area contributed by atoms with Crippen molar-refractivity contribution in [2.45, 2.75) is 18.7 Å². The summed E-state index contributed by atoms with van der Waals surface area (Å²) >= 11 is 5.44. The van der Waals surface area contributed by atoms with Gasteiger partial charge in [0.25, 0.3) is 0 Å². The fourth-order valence-corrected chi connectivity index (χ4v) is 1.17. The molecule has 1 saturated carbocycles. The first kappa shape index (κ1) is 5.10. The van der Waals surface area contributed by atoms with Gasteiger partial charge in [0.15, 0.2) is 5.78 Å². The van der Waals surface area contributed by atoms with E-state index in [9.17, 15) is 4.79 Å². The van der Waals surface area contributed by atoms with Crippen LogP contribution in [0.25, 0.3) is 0 Å². The van der Waals surface area contributed by atoms with Crippen molar-refractivity contribution >= 4 is 17.4 Å². The van der Waals surface area contributed by atoms with Gasteiger partial charge in [0.2, 0.25) is 0 Å². The number of alkyl halides is 1. The summed E-state index contributed by atoms with van der Waals surface area (Å²) in [6, 6.07) is 0. The lowest BCUT2D eigenvalue weighted by Crippen LogP contribution is -2.35. The molecule has 0 aliphatic heterocycles. The van der Waals surface area contributed by atoms with Crippen LogP contribution in [0.3, 0.4) is 0 Å². The third kappa shape index (κ3) is 0.653. The predicted octanol–water partition coefficient (Wildman–Crippen LogP) is 1.20. The van der Waals surface area contributed by atoms with Crippen molar-refractivity contribution in [3.05, 3.63) is 0 Å². The molecular formula is C5H7ClO. The second-order valence-corrected chi connectivity index (χ2v) is 2.53. The molecule has 7 heavy (non-hydrogen) atoms. The lowest BCUT2D eigenvalue weighted by Gasteiger charge is -2.24. The zero-order chi connectivity index (χ0) is 5.44. The van der Waals surface area contributed by atoms with Crippen LogP contribution < -0.4 is 0 Å². The number of hydrogen-bond acceptors (Lipinski definition) is 1. The van der Waals surface area contributed by atoms with E-state index in [1.54, 1.807) is 0 Å². The van der Waals surface area contributed by atoms with Crippen molar-refractivity contribution in [3.8, 4) is 0 Å². The Labute approximate surface area is 47.7 Å². The molecule has 2 unspecified atom stereocenters. The average molecular weight is 119 g/mol. The molecule has 0 aromatic carbocycles. The van der Waals surface area contributed by atoms with Crippen LogP contribution >= 0.6 is 11.6 Å². The minimum absolute atomic E-state index is 0.157. The topological polar surface area (TPSA) is 17.1 Å². The Bertz CT molecular complexity index is 90.3. The van der Waals surface area contributed by atoms with E-state index < -0.39 is 0 Å². The number of rotatable bonds is 0. The van der Waals surface area contributed by atoms with Crippen LogP contribution in [0.4, 0.5) is 0 Å². The van der Waals surface area contributed by atoms with E-state index >= 15 is 0 Å². The molecule has 0 bridgehead atoms. The highest BCUT2D eigenvalue weighted by Crippen LogP contribution is 2.26. The fraction of sp³-hybridized carbons (Fsp3) is 0.800. The zero-order valence-electron chi connectivity index (χ0n) is 4.15. The van der Waals surface area contributed by atoms with Crippen molar-refractivity contribution < 1.29 is 4.79 Å². The summed E-state index contributed by atoms with van der Waals surface area (Å²) in [5.74, 6) is 0.448. The van der Waals surface area contributed by atoms with Gasteiger partial charge in [-0.2, -0.15) is 0 Å². The summed E-state index contributed by atoms with van der Waals surface area (Å²) in [5, 5.41) is -0.157. The second-order valence-electron chi connectivity index (χ2n) is 2.01. The second kappa shape index (κ2) is 1.48. The van der Waals surface area contributed by atoms with Crippen LogP contribution in [0.15, 0.2) is 0 Å². The first-order valence-corrected chi connectivity index (χ1v) is 2.83. The summed E-state index contributed by atoms with van der Waals surface area (Å²) in [7, 11) is 0. The smallest absolute Gasteiger partial charge is 0.153 e. The standard InChI is InChI=1S/C5H7ClO/c1-3-2-4(6)5(3)7/h3-4H,2H2,1H3. The number of halogens is 1. The maximum atomic E-state index is 10.4. The van der Waals surface area contributed by atoms with E-state index in [0.29, 0.717) is 0 Å². The molecule has 1 rings (SSSR count). The van der Waals surface area contributed by atoms with Gasteiger partial charge in [-0.25, -0.2) is 0 Å². The summed E-state index contributed by atoms with van der Waals surface area (Å²) in [5.41, 5.74) is 0. The van der Waals surface area contributed by atoms with Gasteiger partial charge in [0.05, 0.1) is 5.38 Å². The van der Waals surface area contributed by atoms with Crippen molar-refractivity contribution in [2.24, 2.45) is 5.92 Å². The first-order chi connectivity index (χ1) is 3.22. The van der Waals surface area contributed by atoms with Crippen molar-refractivity contribution in [1.29, 1.82) is 0 Å². The summed E-state index contributed by atoms with van der Waals surface area (Å²) < 4.78 is 0. The lowest BCUT2D eigenvalue weighted by molar-refractivity contribution is -0.127. The van der Waals surface area contributed by atoms with Gasteiger partial charge in [-0.3, -0.25) is 4.79 Å². The Morgan fingerprint density at radius 3 is 2.43 bits per heavy atom. The monoisotopic (exact) mass is 118 g/mol. The highest BCUT2D eigenvalue weighted by atomic mass is 35.5. The average Bonchev–Trinajstić information content (AvgIpc) is 1.68. The Morgan fingerprint density at radius 1 is 1.86 bits per heavy atom. The van der Waals surface area contributed by atoms with Gasteiger partial charge in [0, 0.05) is 5.92 Å². The Morgan fingerprint density at radius 2 is 2.43 bits per heavy atom. The summed E-state index contributed by atoms with van der Waals surface area (Å²) in [6.07, 6.45) is 0.875. The van der Waals surface area contributed by atoms with E-state index in [1.807, 2.05) is 6.92 Å². The van der Waals surface area contributed by atoms with Gasteiger partial charge in [-0.1, -0.05) is 6.92 Å². The maximum absolute atomic E-state index is 10.4. The molecule has 2 atom stereocenters. The van der Waals surface area contributed by atoms with Gasteiger partial charge in [-0.05, 0) is 6.42 Å².